The molecule has 1 aliphatic rings. The van der Waals surface area contributed by atoms with Gasteiger partial charge >= 0.3 is 0 Å². The molecule has 3 unspecified atom stereocenters. The number of nitrogens with zero attached hydrogens (tertiary/aromatic N) is 1. The molecule has 98 valence electrons. The van der Waals surface area contributed by atoms with Crippen LogP contribution >= 0.6 is 0 Å². The molecule has 0 bridgehead atoms. The summed E-state index contributed by atoms with van der Waals surface area (Å²) in [5, 5.41) is 2.84. The number of carbonyl (C=O) groups excluding carboxylic acids is 2. The third-order valence-electron chi connectivity index (χ3n) is 3.49. The van der Waals surface area contributed by atoms with Crippen LogP contribution in [0.15, 0.2) is 0 Å². The predicted molar refractivity (Wildman–Crippen MR) is 67.5 cm³/mol. The molecule has 4 heteroatoms. The van der Waals surface area contributed by atoms with E-state index in [1.807, 2.05) is 25.7 Å². The van der Waals surface area contributed by atoms with Crippen LogP contribution in [0.1, 0.15) is 53.4 Å². The maximum absolute atomic E-state index is 12.4. The van der Waals surface area contributed by atoms with Gasteiger partial charge in [-0.3, -0.25) is 9.59 Å². The molecule has 3 atom stereocenters. The molecule has 0 aromatic heterocycles. The van der Waals surface area contributed by atoms with Gasteiger partial charge in [-0.15, -0.1) is 0 Å². The molecular weight excluding hydrogens is 216 g/mol. The Kier molecular flexibility index (Phi) is 4.97. The van der Waals surface area contributed by atoms with Gasteiger partial charge in [-0.25, -0.2) is 0 Å². The van der Waals surface area contributed by atoms with Gasteiger partial charge in [0.25, 0.3) is 0 Å². The van der Waals surface area contributed by atoms with E-state index in [9.17, 15) is 9.59 Å². The van der Waals surface area contributed by atoms with E-state index in [-0.39, 0.29) is 29.9 Å². The van der Waals surface area contributed by atoms with Crippen molar-refractivity contribution in [2.75, 3.05) is 0 Å². The summed E-state index contributed by atoms with van der Waals surface area (Å²) < 4.78 is 0. The van der Waals surface area contributed by atoms with Crippen molar-refractivity contribution in [1.82, 2.24) is 10.2 Å². The zero-order valence-corrected chi connectivity index (χ0v) is 11.3. The van der Waals surface area contributed by atoms with E-state index in [1.54, 1.807) is 0 Å². The first kappa shape index (κ1) is 14.0. The second kappa shape index (κ2) is 6.03. The van der Waals surface area contributed by atoms with Gasteiger partial charge in [-0.2, -0.15) is 0 Å². The Balaban J connectivity index is 2.92. The Morgan fingerprint density at radius 3 is 2.59 bits per heavy atom. The van der Waals surface area contributed by atoms with Crippen molar-refractivity contribution in [3.05, 3.63) is 0 Å². The second-order valence-electron chi connectivity index (χ2n) is 4.96. The summed E-state index contributed by atoms with van der Waals surface area (Å²) in [6, 6.07) is -0.129. The quantitative estimate of drug-likeness (QED) is 0.813. The van der Waals surface area contributed by atoms with Crippen molar-refractivity contribution in [3.63, 3.8) is 0 Å². The minimum Gasteiger partial charge on any atom is -0.344 e. The van der Waals surface area contributed by atoms with Crippen molar-refractivity contribution in [3.8, 4) is 0 Å². The SMILES string of the molecule is CCCC1NC(=O)CC(C)N(C(C)CC)C1=O. The number of nitrogens with one attached hydrogen (secondary N) is 1. The highest BCUT2D eigenvalue weighted by atomic mass is 16.2. The van der Waals surface area contributed by atoms with Gasteiger partial charge < -0.3 is 10.2 Å². The van der Waals surface area contributed by atoms with Crippen LogP contribution in [0, 0.1) is 0 Å². The number of hydrogen-bond donors (Lipinski definition) is 1. The highest BCUT2D eigenvalue weighted by molar-refractivity contribution is 5.90. The fourth-order valence-corrected chi connectivity index (χ4v) is 2.41. The number of carbonyl (C=O) groups is 2. The highest BCUT2D eigenvalue weighted by Crippen LogP contribution is 2.18. The smallest absolute Gasteiger partial charge is 0.245 e. The number of rotatable bonds is 4. The van der Waals surface area contributed by atoms with E-state index in [0.717, 1.165) is 19.3 Å². The lowest BCUT2D eigenvalue weighted by Crippen LogP contribution is -2.49. The van der Waals surface area contributed by atoms with E-state index < -0.39 is 0 Å². The summed E-state index contributed by atoms with van der Waals surface area (Å²) in [6.07, 6.45) is 2.96. The Morgan fingerprint density at radius 1 is 1.41 bits per heavy atom. The third kappa shape index (κ3) is 3.20. The zero-order valence-electron chi connectivity index (χ0n) is 11.3. The molecule has 0 spiro atoms. The van der Waals surface area contributed by atoms with Crippen LogP contribution in [0.3, 0.4) is 0 Å². The molecule has 0 radical (unpaired) electrons. The van der Waals surface area contributed by atoms with Crippen LogP contribution in [0.4, 0.5) is 0 Å². The maximum atomic E-state index is 12.4. The van der Waals surface area contributed by atoms with E-state index in [0.29, 0.717) is 6.42 Å². The monoisotopic (exact) mass is 240 g/mol. The molecule has 17 heavy (non-hydrogen) atoms. The van der Waals surface area contributed by atoms with Gasteiger partial charge in [0.05, 0.1) is 0 Å². The fraction of sp³-hybridized carbons (Fsp3) is 0.846. The lowest BCUT2D eigenvalue weighted by molar-refractivity contribution is -0.137. The number of amides is 2. The molecule has 1 heterocycles. The molecule has 0 aliphatic carbocycles. The number of hydrogen-bond acceptors (Lipinski definition) is 2. The fourth-order valence-electron chi connectivity index (χ4n) is 2.41. The van der Waals surface area contributed by atoms with Crippen molar-refractivity contribution >= 4 is 11.8 Å². The Hall–Kier alpha value is -1.06. The van der Waals surface area contributed by atoms with E-state index in [4.69, 9.17) is 0 Å². The third-order valence-corrected chi connectivity index (χ3v) is 3.49. The largest absolute Gasteiger partial charge is 0.344 e. The van der Waals surface area contributed by atoms with Crippen molar-refractivity contribution in [2.24, 2.45) is 0 Å². The Morgan fingerprint density at radius 2 is 2.06 bits per heavy atom. The Labute approximate surface area is 104 Å². The highest BCUT2D eigenvalue weighted by Gasteiger charge is 2.35. The molecule has 1 aliphatic heterocycles. The maximum Gasteiger partial charge on any atom is 0.245 e. The molecule has 0 aromatic rings. The van der Waals surface area contributed by atoms with Crippen molar-refractivity contribution < 1.29 is 9.59 Å². The molecule has 1 rings (SSSR count). The minimum absolute atomic E-state index is 0.000642. The summed E-state index contributed by atoms with van der Waals surface area (Å²) in [5.74, 6) is 0.0784. The van der Waals surface area contributed by atoms with Crippen molar-refractivity contribution in [2.45, 2.75) is 71.5 Å². The lowest BCUT2D eigenvalue weighted by Gasteiger charge is -2.33. The molecular formula is C13H24N2O2. The first-order chi connectivity index (χ1) is 8.01. The van der Waals surface area contributed by atoms with Gasteiger partial charge in [0.15, 0.2) is 0 Å². The molecule has 1 N–H and O–H groups in total. The van der Waals surface area contributed by atoms with Crippen LogP contribution < -0.4 is 5.32 Å². The van der Waals surface area contributed by atoms with Crippen LogP contribution in [-0.2, 0) is 9.59 Å². The van der Waals surface area contributed by atoms with Gasteiger partial charge in [-0.05, 0) is 26.7 Å². The molecule has 2 amide bonds. The average molecular weight is 240 g/mol. The molecule has 4 nitrogen and oxygen atoms in total. The summed E-state index contributed by atoms with van der Waals surface area (Å²) in [5.41, 5.74) is 0. The minimum atomic E-state index is -0.327. The van der Waals surface area contributed by atoms with Gasteiger partial charge in [0.2, 0.25) is 11.8 Å². The van der Waals surface area contributed by atoms with Crippen LogP contribution in [-0.4, -0.2) is 34.8 Å². The first-order valence-corrected chi connectivity index (χ1v) is 6.62. The van der Waals surface area contributed by atoms with Crippen molar-refractivity contribution in [1.29, 1.82) is 0 Å². The first-order valence-electron chi connectivity index (χ1n) is 6.62. The van der Waals surface area contributed by atoms with Gasteiger partial charge in [0, 0.05) is 18.5 Å². The van der Waals surface area contributed by atoms with Crippen LogP contribution in [0.2, 0.25) is 0 Å². The van der Waals surface area contributed by atoms with E-state index in [1.165, 1.54) is 0 Å². The summed E-state index contributed by atoms with van der Waals surface area (Å²) >= 11 is 0. The second-order valence-corrected chi connectivity index (χ2v) is 4.96. The average Bonchev–Trinajstić information content (AvgIpc) is 2.36. The molecule has 0 saturated carbocycles. The molecule has 0 aromatic carbocycles. The topological polar surface area (TPSA) is 49.4 Å². The standard InChI is InChI=1S/C13H24N2O2/c1-5-7-11-13(17)15(9(3)6-2)10(4)8-12(16)14-11/h9-11H,5-8H2,1-4H3,(H,14,16). The van der Waals surface area contributed by atoms with Gasteiger partial charge in [0.1, 0.15) is 6.04 Å². The molecule has 1 fully saturated rings. The lowest BCUT2D eigenvalue weighted by atomic mass is 10.1. The summed E-state index contributed by atoms with van der Waals surface area (Å²) in [7, 11) is 0. The molecule has 1 saturated heterocycles. The predicted octanol–water partition coefficient (Wildman–Crippen LogP) is 1.69. The van der Waals surface area contributed by atoms with Crippen LogP contribution in [0.25, 0.3) is 0 Å². The summed E-state index contributed by atoms with van der Waals surface area (Å²) in [4.78, 5) is 26.0. The Bertz CT molecular complexity index is 291. The van der Waals surface area contributed by atoms with Crippen LogP contribution in [0.5, 0.6) is 0 Å². The normalized spacial score (nSPS) is 27.6. The van der Waals surface area contributed by atoms with Gasteiger partial charge in [-0.1, -0.05) is 20.3 Å². The zero-order chi connectivity index (χ0) is 13.0. The van der Waals surface area contributed by atoms with E-state index >= 15 is 0 Å². The van der Waals surface area contributed by atoms with E-state index in [2.05, 4.69) is 12.2 Å². The summed E-state index contributed by atoms with van der Waals surface area (Å²) in [6.45, 7) is 8.10.